The largest absolute Gasteiger partial charge is 0.374 e. The van der Waals surface area contributed by atoms with Gasteiger partial charge in [0.05, 0.1) is 19.3 Å². The van der Waals surface area contributed by atoms with E-state index in [1.807, 2.05) is 24.3 Å². The molecule has 1 amide bonds. The van der Waals surface area contributed by atoms with Gasteiger partial charge in [0.25, 0.3) is 5.91 Å². The Morgan fingerprint density at radius 1 is 1.36 bits per heavy atom. The zero-order chi connectivity index (χ0) is 19.6. The number of amides is 1. The quantitative estimate of drug-likeness (QED) is 0.335. The molecule has 1 heterocycles. The lowest BCUT2D eigenvalue weighted by molar-refractivity contribution is -0.0136. The molecule has 1 fully saturated rings. The van der Waals surface area contributed by atoms with Crippen LogP contribution in [0.3, 0.4) is 0 Å². The van der Waals surface area contributed by atoms with Gasteiger partial charge in [0, 0.05) is 45.8 Å². The average molecular weight is 503 g/mol. The third kappa shape index (κ3) is 8.32. The van der Waals surface area contributed by atoms with Gasteiger partial charge in [-0.25, -0.2) is 0 Å². The molecule has 0 bridgehead atoms. The summed E-state index contributed by atoms with van der Waals surface area (Å²) in [4.78, 5) is 20.6. The maximum atomic E-state index is 12.1. The van der Waals surface area contributed by atoms with Crippen LogP contribution in [0.5, 0.6) is 0 Å². The van der Waals surface area contributed by atoms with Gasteiger partial charge in [0.1, 0.15) is 0 Å². The molecule has 1 aromatic rings. The fourth-order valence-electron chi connectivity index (χ4n) is 2.96. The Morgan fingerprint density at radius 2 is 2.14 bits per heavy atom. The Balaban J connectivity index is 0.00000392. The predicted molar refractivity (Wildman–Crippen MR) is 125 cm³/mol. The van der Waals surface area contributed by atoms with Crippen molar-refractivity contribution in [2.75, 3.05) is 60.5 Å². The molecule has 0 aromatic heterocycles. The average Bonchev–Trinajstić information content (AvgIpc) is 2.65. The first kappa shape index (κ1) is 24.6. The Hall–Kier alpha value is -1.39. The summed E-state index contributed by atoms with van der Waals surface area (Å²) >= 11 is 0. The molecule has 2 rings (SSSR count). The van der Waals surface area contributed by atoms with Crippen LogP contribution >= 0.6 is 24.0 Å². The predicted octanol–water partition coefficient (Wildman–Crippen LogP) is 1.43. The van der Waals surface area contributed by atoms with Crippen molar-refractivity contribution in [1.29, 1.82) is 0 Å². The smallest absolute Gasteiger partial charge is 0.253 e. The van der Waals surface area contributed by atoms with E-state index < -0.39 is 0 Å². The molecule has 1 aromatic carbocycles. The Morgan fingerprint density at radius 3 is 2.82 bits per heavy atom. The summed E-state index contributed by atoms with van der Waals surface area (Å²) in [5.41, 5.74) is 1.85. The molecule has 0 spiro atoms. The van der Waals surface area contributed by atoms with E-state index in [0.717, 1.165) is 56.3 Å². The van der Waals surface area contributed by atoms with Gasteiger partial charge in [-0.3, -0.25) is 9.79 Å². The van der Waals surface area contributed by atoms with Crippen LogP contribution in [0.4, 0.5) is 0 Å². The summed E-state index contributed by atoms with van der Waals surface area (Å²) in [5.74, 6) is 0.826. The number of aliphatic imine (C=N–C) groups is 1. The van der Waals surface area contributed by atoms with Gasteiger partial charge in [-0.1, -0.05) is 12.1 Å². The summed E-state index contributed by atoms with van der Waals surface area (Å²) in [6, 6.07) is 7.79. The van der Waals surface area contributed by atoms with Crippen molar-refractivity contribution >= 4 is 35.8 Å². The monoisotopic (exact) mass is 503 g/mol. The van der Waals surface area contributed by atoms with Crippen LogP contribution in [0.25, 0.3) is 0 Å². The van der Waals surface area contributed by atoms with Crippen LogP contribution in [0.2, 0.25) is 0 Å². The van der Waals surface area contributed by atoms with Crippen LogP contribution < -0.4 is 10.6 Å². The number of ether oxygens (including phenoxy) is 1. The van der Waals surface area contributed by atoms with Crippen molar-refractivity contribution in [3.8, 4) is 0 Å². The molecule has 1 aliphatic rings. The molecule has 0 aliphatic carbocycles. The summed E-state index contributed by atoms with van der Waals surface area (Å²) in [5, 5.41) is 6.64. The Kier molecular flexibility index (Phi) is 11.4. The highest BCUT2D eigenvalue weighted by molar-refractivity contribution is 14.0. The second kappa shape index (κ2) is 12.9. The van der Waals surface area contributed by atoms with Crippen molar-refractivity contribution in [2.24, 2.45) is 4.99 Å². The lowest BCUT2D eigenvalue weighted by Crippen LogP contribution is -2.43. The van der Waals surface area contributed by atoms with Crippen LogP contribution in [0.15, 0.2) is 29.3 Å². The number of hydrogen-bond acceptors (Lipinski definition) is 4. The van der Waals surface area contributed by atoms with E-state index in [-0.39, 0.29) is 36.0 Å². The lowest BCUT2D eigenvalue weighted by atomic mass is 10.1. The van der Waals surface area contributed by atoms with Crippen LogP contribution in [0, 0.1) is 0 Å². The molecule has 1 aliphatic heterocycles. The highest BCUT2D eigenvalue weighted by Gasteiger charge is 2.17. The number of carbonyl (C=O) groups excluding carboxylic acids is 1. The second-order valence-electron chi connectivity index (χ2n) is 7.05. The summed E-state index contributed by atoms with van der Waals surface area (Å²) in [6.45, 7) is 6.91. The molecular weight excluding hydrogens is 469 g/mol. The molecule has 1 atom stereocenters. The number of benzene rings is 1. The Labute approximate surface area is 185 Å². The third-order valence-electron chi connectivity index (χ3n) is 4.43. The SMILES string of the molecule is CCNC(=NCC1CN(C)CCO1)NCCc1cccc(C(=O)N(C)C)c1.I. The molecule has 1 unspecified atom stereocenters. The van der Waals surface area contributed by atoms with Gasteiger partial charge in [-0.05, 0) is 38.1 Å². The minimum Gasteiger partial charge on any atom is -0.374 e. The van der Waals surface area contributed by atoms with E-state index in [1.54, 1.807) is 19.0 Å². The van der Waals surface area contributed by atoms with E-state index in [9.17, 15) is 4.79 Å². The number of morpholine rings is 1. The van der Waals surface area contributed by atoms with Crippen molar-refractivity contribution in [1.82, 2.24) is 20.4 Å². The number of hydrogen-bond donors (Lipinski definition) is 2. The standard InChI is InChI=1S/C20H33N5O2.HI/c1-5-21-20(23-14-18-15-25(4)11-12-27-18)22-10-9-16-7-6-8-17(13-16)19(26)24(2)3;/h6-8,13,18H,5,9-12,14-15H2,1-4H3,(H2,21,22,23);1H. The zero-order valence-electron chi connectivity index (χ0n) is 17.4. The first-order valence-corrected chi connectivity index (χ1v) is 9.62. The van der Waals surface area contributed by atoms with Gasteiger partial charge in [-0.15, -0.1) is 24.0 Å². The summed E-state index contributed by atoms with van der Waals surface area (Å²) in [6.07, 6.45) is 0.967. The van der Waals surface area contributed by atoms with Gasteiger partial charge in [-0.2, -0.15) is 0 Å². The first-order valence-electron chi connectivity index (χ1n) is 9.62. The molecule has 158 valence electrons. The van der Waals surface area contributed by atoms with Gasteiger partial charge < -0.3 is 25.2 Å². The van der Waals surface area contributed by atoms with Crippen LogP contribution in [0.1, 0.15) is 22.8 Å². The summed E-state index contributed by atoms with van der Waals surface area (Å²) in [7, 11) is 5.64. The molecule has 0 saturated carbocycles. The maximum Gasteiger partial charge on any atom is 0.253 e. The van der Waals surface area contributed by atoms with Crippen molar-refractivity contribution in [2.45, 2.75) is 19.4 Å². The normalized spacial score (nSPS) is 17.6. The van der Waals surface area contributed by atoms with Crippen molar-refractivity contribution in [3.63, 3.8) is 0 Å². The lowest BCUT2D eigenvalue weighted by Gasteiger charge is -2.29. The summed E-state index contributed by atoms with van der Waals surface area (Å²) < 4.78 is 5.77. The number of guanidine groups is 1. The van der Waals surface area contributed by atoms with Crippen molar-refractivity contribution in [3.05, 3.63) is 35.4 Å². The molecule has 8 heteroatoms. The first-order chi connectivity index (χ1) is 13.0. The van der Waals surface area contributed by atoms with E-state index >= 15 is 0 Å². The number of rotatable bonds is 7. The topological polar surface area (TPSA) is 69.2 Å². The van der Waals surface area contributed by atoms with E-state index in [0.29, 0.717) is 6.54 Å². The van der Waals surface area contributed by atoms with E-state index in [4.69, 9.17) is 4.74 Å². The number of nitrogens with one attached hydrogen (secondary N) is 2. The molecule has 2 N–H and O–H groups in total. The molecule has 7 nitrogen and oxygen atoms in total. The van der Waals surface area contributed by atoms with Gasteiger partial charge >= 0.3 is 0 Å². The highest BCUT2D eigenvalue weighted by Crippen LogP contribution is 2.08. The fourth-order valence-corrected chi connectivity index (χ4v) is 2.96. The fraction of sp³-hybridized carbons (Fsp3) is 0.600. The van der Waals surface area contributed by atoms with E-state index in [1.165, 1.54) is 0 Å². The third-order valence-corrected chi connectivity index (χ3v) is 4.43. The van der Waals surface area contributed by atoms with Gasteiger partial charge in [0.15, 0.2) is 5.96 Å². The minimum absolute atomic E-state index is 0. The van der Waals surface area contributed by atoms with Crippen LogP contribution in [-0.4, -0.2) is 88.2 Å². The number of halogens is 1. The second-order valence-corrected chi connectivity index (χ2v) is 7.05. The van der Waals surface area contributed by atoms with E-state index in [2.05, 4.69) is 34.5 Å². The number of likely N-dealkylation sites (N-methyl/N-ethyl adjacent to an activating group) is 1. The minimum atomic E-state index is 0. The molecular formula is C20H34IN5O2. The maximum absolute atomic E-state index is 12.1. The molecule has 1 saturated heterocycles. The Bertz CT molecular complexity index is 639. The number of carbonyl (C=O) groups is 1. The van der Waals surface area contributed by atoms with Gasteiger partial charge in [0.2, 0.25) is 0 Å². The van der Waals surface area contributed by atoms with Crippen molar-refractivity contribution < 1.29 is 9.53 Å². The molecule has 28 heavy (non-hydrogen) atoms. The van der Waals surface area contributed by atoms with Crippen LogP contribution in [-0.2, 0) is 11.2 Å². The zero-order valence-corrected chi connectivity index (χ0v) is 19.7. The number of nitrogens with zero attached hydrogens (tertiary/aromatic N) is 3. The highest BCUT2D eigenvalue weighted by atomic mass is 127. The molecule has 0 radical (unpaired) electrons.